The molecule has 0 radical (unpaired) electrons. The minimum atomic E-state index is -0.432. The van der Waals surface area contributed by atoms with Gasteiger partial charge in [-0.15, -0.1) is 0 Å². The third-order valence-corrected chi connectivity index (χ3v) is 3.29. The number of rotatable bonds is 4. The molecule has 0 unspecified atom stereocenters. The molecule has 0 atom stereocenters. The molecule has 2 aromatic carbocycles. The standard InChI is InChI=1S/C16H16ClN3O3/c1-18-15(21)10-3-8-13(14(9-10)23-2)20-16(22)19-12-6-4-11(17)5-7-12/h3-9H,1-2H3,(H,18,21)(H2,19,20,22). The molecule has 0 saturated carbocycles. The van der Waals surface area contributed by atoms with Crippen molar-refractivity contribution >= 4 is 34.9 Å². The van der Waals surface area contributed by atoms with Crippen LogP contribution in [0.25, 0.3) is 0 Å². The summed E-state index contributed by atoms with van der Waals surface area (Å²) in [6.07, 6.45) is 0. The van der Waals surface area contributed by atoms with Crippen molar-refractivity contribution in [2.24, 2.45) is 0 Å². The smallest absolute Gasteiger partial charge is 0.323 e. The van der Waals surface area contributed by atoms with Gasteiger partial charge in [0.25, 0.3) is 5.91 Å². The number of amides is 3. The van der Waals surface area contributed by atoms with E-state index in [0.29, 0.717) is 27.7 Å². The summed E-state index contributed by atoms with van der Waals surface area (Å²) in [6.45, 7) is 0. The van der Waals surface area contributed by atoms with Crippen LogP contribution in [0.15, 0.2) is 42.5 Å². The largest absolute Gasteiger partial charge is 0.495 e. The van der Waals surface area contributed by atoms with Crippen molar-refractivity contribution in [3.8, 4) is 5.75 Å². The summed E-state index contributed by atoms with van der Waals surface area (Å²) in [4.78, 5) is 23.6. The van der Waals surface area contributed by atoms with E-state index in [1.165, 1.54) is 7.11 Å². The Labute approximate surface area is 138 Å². The summed E-state index contributed by atoms with van der Waals surface area (Å²) >= 11 is 5.79. The quantitative estimate of drug-likeness (QED) is 0.802. The lowest BCUT2D eigenvalue weighted by atomic mass is 10.1. The van der Waals surface area contributed by atoms with E-state index in [1.807, 2.05) is 0 Å². The molecule has 0 spiro atoms. The molecular formula is C16H16ClN3O3. The van der Waals surface area contributed by atoms with E-state index in [9.17, 15) is 9.59 Å². The summed E-state index contributed by atoms with van der Waals surface area (Å²) in [7, 11) is 3.01. The molecule has 0 saturated heterocycles. The van der Waals surface area contributed by atoms with Crippen LogP contribution in [0.3, 0.4) is 0 Å². The number of ether oxygens (including phenoxy) is 1. The lowest BCUT2D eigenvalue weighted by molar-refractivity contribution is 0.0963. The summed E-state index contributed by atoms with van der Waals surface area (Å²) in [5, 5.41) is 8.45. The van der Waals surface area contributed by atoms with Gasteiger partial charge in [-0.3, -0.25) is 4.79 Å². The predicted molar refractivity (Wildman–Crippen MR) is 90.5 cm³/mol. The zero-order chi connectivity index (χ0) is 16.8. The molecule has 120 valence electrons. The van der Waals surface area contributed by atoms with Gasteiger partial charge in [0.1, 0.15) is 5.75 Å². The van der Waals surface area contributed by atoms with Crippen LogP contribution in [0.5, 0.6) is 5.75 Å². The van der Waals surface area contributed by atoms with Crippen LogP contribution >= 0.6 is 11.6 Å². The summed E-state index contributed by atoms with van der Waals surface area (Å²) in [5.74, 6) is 0.151. The monoisotopic (exact) mass is 333 g/mol. The fourth-order valence-corrected chi connectivity index (χ4v) is 2.02. The van der Waals surface area contributed by atoms with Gasteiger partial charge < -0.3 is 20.7 Å². The van der Waals surface area contributed by atoms with E-state index in [2.05, 4.69) is 16.0 Å². The molecule has 0 bridgehead atoms. The number of hydrogen-bond donors (Lipinski definition) is 3. The van der Waals surface area contributed by atoms with Crippen LogP contribution in [0.4, 0.5) is 16.2 Å². The molecule has 3 N–H and O–H groups in total. The first-order valence-corrected chi connectivity index (χ1v) is 7.15. The number of carbonyl (C=O) groups is 2. The number of urea groups is 1. The maximum atomic E-state index is 12.0. The molecule has 0 aromatic heterocycles. The van der Waals surface area contributed by atoms with E-state index >= 15 is 0 Å². The first-order valence-electron chi connectivity index (χ1n) is 6.77. The van der Waals surface area contributed by atoms with E-state index in [1.54, 1.807) is 49.5 Å². The SMILES string of the molecule is CNC(=O)c1ccc(NC(=O)Nc2ccc(Cl)cc2)c(OC)c1. The number of nitrogens with one attached hydrogen (secondary N) is 3. The Morgan fingerprint density at radius 2 is 1.74 bits per heavy atom. The van der Waals surface area contributed by atoms with Gasteiger partial charge in [-0.2, -0.15) is 0 Å². The maximum Gasteiger partial charge on any atom is 0.323 e. The van der Waals surface area contributed by atoms with Gasteiger partial charge in [-0.1, -0.05) is 11.6 Å². The van der Waals surface area contributed by atoms with E-state index in [0.717, 1.165) is 0 Å². The number of benzene rings is 2. The first kappa shape index (κ1) is 16.6. The highest BCUT2D eigenvalue weighted by Gasteiger charge is 2.11. The van der Waals surface area contributed by atoms with Crippen molar-refractivity contribution < 1.29 is 14.3 Å². The number of anilines is 2. The molecule has 7 heteroatoms. The number of methoxy groups -OCH3 is 1. The molecule has 23 heavy (non-hydrogen) atoms. The van der Waals surface area contributed by atoms with Crippen LogP contribution in [-0.2, 0) is 0 Å². The van der Waals surface area contributed by atoms with Gasteiger partial charge in [0.2, 0.25) is 0 Å². The molecular weight excluding hydrogens is 318 g/mol. The number of hydrogen-bond acceptors (Lipinski definition) is 3. The zero-order valence-corrected chi connectivity index (χ0v) is 13.4. The Kier molecular flexibility index (Phi) is 5.43. The fraction of sp³-hybridized carbons (Fsp3) is 0.125. The van der Waals surface area contributed by atoms with Crippen LogP contribution in [0.2, 0.25) is 5.02 Å². The van der Waals surface area contributed by atoms with Crippen LogP contribution in [0, 0.1) is 0 Å². The van der Waals surface area contributed by atoms with Gasteiger partial charge in [-0.05, 0) is 42.5 Å². The van der Waals surface area contributed by atoms with Crippen LogP contribution < -0.4 is 20.7 Å². The molecule has 6 nitrogen and oxygen atoms in total. The van der Waals surface area contributed by atoms with Crippen LogP contribution in [0.1, 0.15) is 10.4 Å². The highest BCUT2D eigenvalue weighted by Crippen LogP contribution is 2.26. The molecule has 0 heterocycles. The third kappa shape index (κ3) is 4.37. The second kappa shape index (κ2) is 7.51. The third-order valence-electron chi connectivity index (χ3n) is 3.04. The maximum absolute atomic E-state index is 12.0. The zero-order valence-electron chi connectivity index (χ0n) is 12.6. The van der Waals surface area contributed by atoms with Crippen molar-refractivity contribution in [2.75, 3.05) is 24.8 Å². The molecule has 0 aliphatic rings. The topological polar surface area (TPSA) is 79.5 Å². The average Bonchev–Trinajstić information content (AvgIpc) is 2.56. The van der Waals surface area contributed by atoms with Gasteiger partial charge >= 0.3 is 6.03 Å². The average molecular weight is 334 g/mol. The van der Waals surface area contributed by atoms with Crippen molar-refractivity contribution in [1.29, 1.82) is 0 Å². The van der Waals surface area contributed by atoms with Gasteiger partial charge in [0.15, 0.2) is 0 Å². The van der Waals surface area contributed by atoms with Crippen molar-refractivity contribution in [2.45, 2.75) is 0 Å². The molecule has 0 fully saturated rings. The summed E-state index contributed by atoms with van der Waals surface area (Å²) < 4.78 is 5.21. The second-order valence-corrected chi connectivity index (χ2v) is 5.02. The van der Waals surface area contributed by atoms with E-state index < -0.39 is 6.03 Å². The molecule has 2 aromatic rings. The minimum Gasteiger partial charge on any atom is -0.495 e. The van der Waals surface area contributed by atoms with Gasteiger partial charge in [0, 0.05) is 23.3 Å². The van der Waals surface area contributed by atoms with Gasteiger partial charge in [-0.25, -0.2) is 4.79 Å². The second-order valence-electron chi connectivity index (χ2n) is 4.58. The Morgan fingerprint density at radius 3 is 2.35 bits per heavy atom. The number of carbonyl (C=O) groups excluding carboxylic acids is 2. The lowest BCUT2D eigenvalue weighted by Crippen LogP contribution is -2.21. The van der Waals surface area contributed by atoms with Crippen molar-refractivity contribution in [1.82, 2.24) is 5.32 Å². The van der Waals surface area contributed by atoms with E-state index in [4.69, 9.17) is 16.3 Å². The lowest BCUT2D eigenvalue weighted by Gasteiger charge is -2.12. The fourth-order valence-electron chi connectivity index (χ4n) is 1.90. The Hall–Kier alpha value is -2.73. The summed E-state index contributed by atoms with van der Waals surface area (Å²) in [6, 6.07) is 11.0. The van der Waals surface area contributed by atoms with Crippen molar-refractivity contribution in [3.05, 3.63) is 53.1 Å². The van der Waals surface area contributed by atoms with E-state index in [-0.39, 0.29) is 5.91 Å². The highest BCUT2D eigenvalue weighted by molar-refractivity contribution is 6.30. The molecule has 2 rings (SSSR count). The first-order chi connectivity index (χ1) is 11.0. The van der Waals surface area contributed by atoms with Crippen molar-refractivity contribution in [3.63, 3.8) is 0 Å². The molecule has 0 aliphatic heterocycles. The van der Waals surface area contributed by atoms with Gasteiger partial charge in [0.05, 0.1) is 12.8 Å². The Morgan fingerprint density at radius 1 is 1.04 bits per heavy atom. The predicted octanol–water partition coefficient (Wildman–Crippen LogP) is 3.35. The minimum absolute atomic E-state index is 0.236. The molecule has 0 aliphatic carbocycles. The Bertz CT molecular complexity index is 717. The highest BCUT2D eigenvalue weighted by atomic mass is 35.5. The number of halogens is 1. The Balaban J connectivity index is 2.10. The van der Waals surface area contributed by atoms with Crippen LogP contribution in [-0.4, -0.2) is 26.1 Å². The molecule has 3 amide bonds. The normalized spacial score (nSPS) is 9.87. The summed E-state index contributed by atoms with van der Waals surface area (Å²) in [5.41, 5.74) is 1.49.